The molecule has 2 atom stereocenters. The summed E-state index contributed by atoms with van der Waals surface area (Å²) in [6, 6.07) is 4.28. The molecule has 1 aromatic heterocycles. The van der Waals surface area contributed by atoms with Gasteiger partial charge < -0.3 is 15.0 Å². The standard InChI is InChI=1S/C19H24N2O/c1-13-12-16(22-4)17(15-10-11-21-18(13)15)19(2,20-3)14-8-6-5-7-9-14/h5-8,10-12,14,20-21H,9H2,1-4H3. The molecule has 22 heavy (non-hydrogen) atoms. The minimum atomic E-state index is -0.194. The Morgan fingerprint density at radius 2 is 2.18 bits per heavy atom. The molecule has 116 valence electrons. The average molecular weight is 296 g/mol. The van der Waals surface area contributed by atoms with Crippen molar-refractivity contribution in [3.8, 4) is 5.75 Å². The molecule has 0 radical (unpaired) electrons. The van der Waals surface area contributed by atoms with Crippen LogP contribution in [0.15, 0.2) is 42.6 Å². The molecule has 2 N–H and O–H groups in total. The lowest BCUT2D eigenvalue weighted by Gasteiger charge is -2.38. The summed E-state index contributed by atoms with van der Waals surface area (Å²) in [4.78, 5) is 3.36. The van der Waals surface area contributed by atoms with Crippen LogP contribution in [0.25, 0.3) is 10.9 Å². The number of methoxy groups -OCH3 is 1. The van der Waals surface area contributed by atoms with Crippen LogP contribution in [0.5, 0.6) is 5.75 Å². The second-order valence-electron chi connectivity index (χ2n) is 6.14. The number of aromatic nitrogens is 1. The van der Waals surface area contributed by atoms with E-state index in [0.29, 0.717) is 5.92 Å². The fraction of sp³-hybridized carbons (Fsp3) is 0.368. The highest BCUT2D eigenvalue weighted by molar-refractivity contribution is 5.89. The molecule has 1 aliphatic carbocycles. The van der Waals surface area contributed by atoms with E-state index in [2.05, 4.69) is 60.6 Å². The molecule has 1 heterocycles. The van der Waals surface area contributed by atoms with Crippen molar-refractivity contribution >= 4 is 10.9 Å². The van der Waals surface area contributed by atoms with E-state index in [1.54, 1.807) is 7.11 Å². The molecule has 0 fully saturated rings. The first kappa shape index (κ1) is 14.9. The van der Waals surface area contributed by atoms with Gasteiger partial charge in [-0.15, -0.1) is 0 Å². The Morgan fingerprint density at radius 1 is 1.36 bits per heavy atom. The van der Waals surface area contributed by atoms with Crippen LogP contribution in [0.1, 0.15) is 24.5 Å². The fourth-order valence-electron chi connectivity index (χ4n) is 3.58. The van der Waals surface area contributed by atoms with Gasteiger partial charge in [0.25, 0.3) is 0 Å². The minimum Gasteiger partial charge on any atom is -0.496 e. The molecule has 0 amide bonds. The Labute approximate surface area is 132 Å². The van der Waals surface area contributed by atoms with Gasteiger partial charge >= 0.3 is 0 Å². The van der Waals surface area contributed by atoms with Crippen molar-refractivity contribution in [1.29, 1.82) is 0 Å². The highest BCUT2D eigenvalue weighted by Crippen LogP contribution is 2.43. The van der Waals surface area contributed by atoms with E-state index < -0.39 is 0 Å². The molecule has 0 bridgehead atoms. The van der Waals surface area contributed by atoms with E-state index in [0.717, 1.165) is 12.2 Å². The summed E-state index contributed by atoms with van der Waals surface area (Å²) in [6.45, 7) is 4.38. The fourth-order valence-corrected chi connectivity index (χ4v) is 3.58. The van der Waals surface area contributed by atoms with Crippen molar-refractivity contribution in [2.75, 3.05) is 14.2 Å². The molecule has 1 aromatic carbocycles. The summed E-state index contributed by atoms with van der Waals surface area (Å²) in [7, 11) is 3.79. The second-order valence-corrected chi connectivity index (χ2v) is 6.14. The number of allylic oxidation sites excluding steroid dienone is 3. The van der Waals surface area contributed by atoms with Crippen LogP contribution in [-0.4, -0.2) is 19.1 Å². The number of aryl methyl sites for hydroxylation is 1. The first-order valence-electron chi connectivity index (χ1n) is 7.79. The number of H-pyrrole nitrogens is 1. The number of hydrogen-bond acceptors (Lipinski definition) is 2. The Hall–Kier alpha value is -2.00. The number of benzene rings is 1. The van der Waals surface area contributed by atoms with Crippen molar-refractivity contribution in [1.82, 2.24) is 10.3 Å². The molecule has 1 aliphatic rings. The highest BCUT2D eigenvalue weighted by atomic mass is 16.5. The number of hydrogen-bond donors (Lipinski definition) is 2. The van der Waals surface area contributed by atoms with Crippen LogP contribution in [0.2, 0.25) is 0 Å². The molecule has 0 aliphatic heterocycles. The summed E-state index contributed by atoms with van der Waals surface area (Å²) in [5, 5.41) is 4.79. The van der Waals surface area contributed by atoms with E-state index in [4.69, 9.17) is 4.74 Å². The van der Waals surface area contributed by atoms with Crippen molar-refractivity contribution in [2.45, 2.75) is 25.8 Å². The van der Waals surface area contributed by atoms with Crippen LogP contribution in [0.3, 0.4) is 0 Å². The predicted molar refractivity (Wildman–Crippen MR) is 92.4 cm³/mol. The lowest BCUT2D eigenvalue weighted by atomic mass is 9.74. The summed E-state index contributed by atoms with van der Waals surface area (Å²) < 4.78 is 5.75. The van der Waals surface area contributed by atoms with Gasteiger partial charge in [0, 0.05) is 28.6 Å². The summed E-state index contributed by atoms with van der Waals surface area (Å²) in [5.74, 6) is 1.33. The van der Waals surface area contributed by atoms with Crippen LogP contribution in [-0.2, 0) is 5.54 Å². The molecular formula is C19H24N2O. The van der Waals surface area contributed by atoms with Gasteiger partial charge in [0.1, 0.15) is 5.75 Å². The summed E-state index contributed by atoms with van der Waals surface area (Å²) in [5.41, 5.74) is 3.43. The largest absolute Gasteiger partial charge is 0.496 e. The maximum Gasteiger partial charge on any atom is 0.124 e. The third-order valence-electron chi connectivity index (χ3n) is 4.99. The Kier molecular flexibility index (Phi) is 3.83. The van der Waals surface area contributed by atoms with E-state index in [1.807, 2.05) is 13.2 Å². The Balaban J connectivity index is 2.26. The van der Waals surface area contributed by atoms with Crippen LogP contribution >= 0.6 is 0 Å². The van der Waals surface area contributed by atoms with Crippen molar-refractivity contribution in [2.24, 2.45) is 5.92 Å². The van der Waals surface area contributed by atoms with Gasteiger partial charge in [-0.2, -0.15) is 0 Å². The zero-order valence-corrected chi connectivity index (χ0v) is 13.7. The summed E-state index contributed by atoms with van der Waals surface area (Å²) >= 11 is 0. The van der Waals surface area contributed by atoms with Crippen molar-refractivity contribution in [3.05, 3.63) is 53.8 Å². The smallest absolute Gasteiger partial charge is 0.124 e. The molecule has 3 heteroatoms. The number of fused-ring (bicyclic) bond motifs is 1. The van der Waals surface area contributed by atoms with E-state index in [9.17, 15) is 0 Å². The van der Waals surface area contributed by atoms with Crippen LogP contribution in [0.4, 0.5) is 0 Å². The Morgan fingerprint density at radius 3 is 2.82 bits per heavy atom. The molecule has 3 nitrogen and oxygen atoms in total. The van der Waals surface area contributed by atoms with Gasteiger partial charge in [-0.05, 0) is 45.0 Å². The van der Waals surface area contributed by atoms with Gasteiger partial charge in [0.05, 0.1) is 12.6 Å². The maximum atomic E-state index is 5.75. The second kappa shape index (κ2) is 5.65. The molecule has 0 spiro atoms. The van der Waals surface area contributed by atoms with E-state index in [-0.39, 0.29) is 5.54 Å². The number of ether oxygens (including phenoxy) is 1. The van der Waals surface area contributed by atoms with Gasteiger partial charge in [0.15, 0.2) is 0 Å². The molecule has 3 rings (SSSR count). The van der Waals surface area contributed by atoms with E-state index >= 15 is 0 Å². The molecule has 2 unspecified atom stereocenters. The van der Waals surface area contributed by atoms with Crippen molar-refractivity contribution in [3.63, 3.8) is 0 Å². The van der Waals surface area contributed by atoms with Crippen LogP contribution in [0, 0.1) is 12.8 Å². The maximum absolute atomic E-state index is 5.75. The zero-order chi connectivity index (χ0) is 15.7. The summed E-state index contributed by atoms with van der Waals surface area (Å²) in [6.07, 6.45) is 11.8. The quantitative estimate of drug-likeness (QED) is 0.893. The predicted octanol–water partition coefficient (Wildman–Crippen LogP) is 4.05. The molecule has 0 saturated heterocycles. The van der Waals surface area contributed by atoms with Crippen LogP contribution < -0.4 is 10.1 Å². The lowest BCUT2D eigenvalue weighted by Crippen LogP contribution is -2.44. The van der Waals surface area contributed by atoms with Gasteiger partial charge in [-0.3, -0.25) is 0 Å². The first-order chi connectivity index (χ1) is 10.6. The third-order valence-corrected chi connectivity index (χ3v) is 4.99. The molecular weight excluding hydrogens is 272 g/mol. The van der Waals surface area contributed by atoms with Gasteiger partial charge in [0.2, 0.25) is 0 Å². The van der Waals surface area contributed by atoms with Gasteiger partial charge in [-0.25, -0.2) is 0 Å². The normalized spacial score (nSPS) is 20.3. The zero-order valence-electron chi connectivity index (χ0n) is 13.7. The van der Waals surface area contributed by atoms with Crippen molar-refractivity contribution < 1.29 is 4.74 Å². The number of rotatable bonds is 4. The lowest BCUT2D eigenvalue weighted by molar-refractivity contribution is 0.284. The van der Waals surface area contributed by atoms with Gasteiger partial charge in [-0.1, -0.05) is 24.3 Å². The average Bonchev–Trinajstić information content (AvgIpc) is 3.04. The third kappa shape index (κ3) is 2.17. The molecule has 2 aromatic rings. The van der Waals surface area contributed by atoms with E-state index in [1.165, 1.54) is 22.0 Å². The minimum absolute atomic E-state index is 0.194. The highest BCUT2D eigenvalue weighted by Gasteiger charge is 2.37. The monoisotopic (exact) mass is 296 g/mol. The topological polar surface area (TPSA) is 37.0 Å². The number of aromatic amines is 1. The molecule has 0 saturated carbocycles. The SMILES string of the molecule is CNC(C)(c1c(OC)cc(C)c2[nH]ccc12)C1C=CC=CC1. The number of nitrogens with one attached hydrogen (secondary N) is 2. The Bertz CT molecular complexity index is 741. The first-order valence-corrected chi connectivity index (χ1v) is 7.79.